The molecule has 0 unspecified atom stereocenters. The fourth-order valence-electron chi connectivity index (χ4n) is 4.51. The number of phenolic OH excluding ortho intramolecular Hbond substituents is 2. The van der Waals surface area contributed by atoms with Gasteiger partial charge >= 0.3 is 5.97 Å². The van der Waals surface area contributed by atoms with E-state index in [2.05, 4.69) is 13.8 Å². The van der Waals surface area contributed by atoms with Crippen LogP contribution < -0.4 is 19.6 Å². The van der Waals surface area contributed by atoms with E-state index in [1.807, 2.05) is 24.3 Å². The van der Waals surface area contributed by atoms with Crippen LogP contribution in [-0.4, -0.2) is 29.9 Å². The molecule has 0 saturated carbocycles. The Labute approximate surface area is 212 Å². The molecule has 4 aromatic rings. The molecule has 1 aliphatic rings. The third-order valence-electron chi connectivity index (χ3n) is 6.23. The van der Waals surface area contributed by atoms with Gasteiger partial charge in [-0.1, -0.05) is 26.0 Å². The van der Waals surface area contributed by atoms with Crippen molar-refractivity contribution in [3.05, 3.63) is 75.9 Å². The second-order valence-corrected chi connectivity index (χ2v) is 9.38. The maximum absolute atomic E-state index is 13.2. The van der Waals surface area contributed by atoms with Crippen molar-refractivity contribution in [1.29, 1.82) is 0 Å². The molecule has 0 aliphatic carbocycles. The van der Waals surface area contributed by atoms with Crippen LogP contribution in [0.1, 0.15) is 37.3 Å². The lowest BCUT2D eigenvalue weighted by Crippen LogP contribution is -2.22. The summed E-state index contributed by atoms with van der Waals surface area (Å²) in [7, 11) is 1.43. The van der Waals surface area contributed by atoms with Gasteiger partial charge in [-0.25, -0.2) is 0 Å². The quantitative estimate of drug-likeness (QED) is 0.268. The number of rotatable bonds is 6. The Morgan fingerprint density at radius 1 is 1.03 bits per heavy atom. The first-order valence-corrected chi connectivity index (χ1v) is 11.9. The van der Waals surface area contributed by atoms with E-state index < -0.39 is 17.3 Å². The minimum absolute atomic E-state index is 0.0117. The molecule has 1 atom stereocenters. The number of ether oxygens (including phenoxy) is 3. The molecule has 190 valence electrons. The van der Waals surface area contributed by atoms with Crippen LogP contribution in [0.3, 0.4) is 0 Å². The predicted molar refractivity (Wildman–Crippen MR) is 137 cm³/mol. The van der Waals surface area contributed by atoms with Gasteiger partial charge in [0.1, 0.15) is 34.0 Å². The van der Waals surface area contributed by atoms with Gasteiger partial charge < -0.3 is 28.8 Å². The largest absolute Gasteiger partial charge is 0.507 e. The highest BCUT2D eigenvalue weighted by Gasteiger charge is 2.34. The summed E-state index contributed by atoms with van der Waals surface area (Å²) in [5, 5.41) is 20.9. The molecule has 37 heavy (non-hydrogen) atoms. The van der Waals surface area contributed by atoms with Gasteiger partial charge in [-0.2, -0.15) is 0 Å². The zero-order valence-electron chi connectivity index (χ0n) is 20.6. The van der Waals surface area contributed by atoms with E-state index in [4.69, 9.17) is 18.6 Å². The third kappa shape index (κ3) is 4.58. The summed E-state index contributed by atoms with van der Waals surface area (Å²) in [4.78, 5) is 25.7. The van der Waals surface area contributed by atoms with Crippen molar-refractivity contribution in [2.24, 2.45) is 5.92 Å². The Hall–Kier alpha value is -4.46. The fraction of sp³-hybridized carbons (Fsp3) is 0.241. The molecule has 0 spiro atoms. The Morgan fingerprint density at radius 2 is 1.84 bits per heavy atom. The van der Waals surface area contributed by atoms with E-state index in [-0.39, 0.29) is 46.1 Å². The summed E-state index contributed by atoms with van der Waals surface area (Å²) >= 11 is 0. The maximum atomic E-state index is 13.2. The highest BCUT2D eigenvalue weighted by atomic mass is 16.5. The van der Waals surface area contributed by atoms with Crippen LogP contribution in [-0.2, 0) is 4.79 Å². The number of esters is 1. The molecular weight excluding hydrogens is 476 g/mol. The van der Waals surface area contributed by atoms with E-state index in [0.717, 1.165) is 5.56 Å². The zero-order chi connectivity index (χ0) is 26.3. The molecule has 8 heteroatoms. The van der Waals surface area contributed by atoms with Crippen LogP contribution in [0, 0.1) is 5.92 Å². The number of aromatic hydroxyl groups is 2. The monoisotopic (exact) mass is 502 g/mol. The van der Waals surface area contributed by atoms with Crippen molar-refractivity contribution < 1.29 is 33.6 Å². The standard InChI is InChI=1S/C29H26O8/c1-15(2)14-35-18-6-4-5-16(9-18)19-11-26(33)36-25-13-22(32)28-21(31)12-24(37-29(28)27(19)25)17-7-8-23(34-3)20(30)10-17/h4-10,12-13,15,19,30,32H,11,14H2,1-3H3/t19-/m0/s1. The topological polar surface area (TPSA) is 115 Å². The van der Waals surface area contributed by atoms with Crippen LogP contribution in [0.4, 0.5) is 0 Å². The van der Waals surface area contributed by atoms with Crippen molar-refractivity contribution in [3.63, 3.8) is 0 Å². The third-order valence-corrected chi connectivity index (χ3v) is 6.23. The number of fused-ring (bicyclic) bond motifs is 3. The molecule has 8 nitrogen and oxygen atoms in total. The molecule has 1 aromatic heterocycles. The molecule has 2 heterocycles. The first kappa shape index (κ1) is 24.2. The van der Waals surface area contributed by atoms with Crippen molar-refractivity contribution in [2.75, 3.05) is 13.7 Å². The Kier molecular flexibility index (Phi) is 6.25. The van der Waals surface area contributed by atoms with E-state index in [1.165, 1.54) is 25.3 Å². The van der Waals surface area contributed by atoms with Crippen LogP contribution >= 0.6 is 0 Å². The van der Waals surface area contributed by atoms with Crippen molar-refractivity contribution >= 4 is 16.9 Å². The summed E-state index contributed by atoms with van der Waals surface area (Å²) in [6.07, 6.45) is 0.0117. The maximum Gasteiger partial charge on any atom is 0.312 e. The van der Waals surface area contributed by atoms with Crippen LogP contribution in [0.15, 0.2) is 63.8 Å². The molecule has 1 aliphatic heterocycles. The lowest BCUT2D eigenvalue weighted by molar-refractivity contribution is -0.135. The van der Waals surface area contributed by atoms with Gasteiger partial charge in [0, 0.05) is 29.2 Å². The van der Waals surface area contributed by atoms with E-state index in [1.54, 1.807) is 12.1 Å². The van der Waals surface area contributed by atoms with Gasteiger partial charge in [0.05, 0.1) is 20.1 Å². The van der Waals surface area contributed by atoms with E-state index in [9.17, 15) is 19.8 Å². The SMILES string of the molecule is COc1ccc(-c2cc(=O)c3c(O)cc4c(c3o2)[C@H](c2cccc(OCC(C)C)c2)CC(=O)O4)cc1O. The van der Waals surface area contributed by atoms with Crippen LogP contribution in [0.2, 0.25) is 0 Å². The molecule has 2 N–H and O–H groups in total. The molecule has 5 rings (SSSR count). The van der Waals surface area contributed by atoms with Crippen LogP contribution in [0.5, 0.6) is 28.7 Å². The number of hydrogen-bond acceptors (Lipinski definition) is 8. The summed E-state index contributed by atoms with van der Waals surface area (Å²) in [6, 6.07) is 14.6. The smallest absolute Gasteiger partial charge is 0.312 e. The number of benzene rings is 3. The summed E-state index contributed by atoms with van der Waals surface area (Å²) in [5.74, 6) is 0.114. The fourth-order valence-corrected chi connectivity index (χ4v) is 4.51. The second kappa shape index (κ2) is 9.54. The van der Waals surface area contributed by atoms with Gasteiger partial charge in [0.2, 0.25) is 0 Å². The Balaban J connectivity index is 1.71. The summed E-state index contributed by atoms with van der Waals surface area (Å²) < 4.78 is 22.6. The molecule has 0 bridgehead atoms. The number of carbonyl (C=O) groups excluding carboxylic acids is 1. The molecule has 0 amide bonds. The minimum Gasteiger partial charge on any atom is -0.507 e. The number of hydrogen-bond donors (Lipinski definition) is 2. The van der Waals surface area contributed by atoms with Gasteiger partial charge in [-0.3, -0.25) is 9.59 Å². The number of carbonyl (C=O) groups is 1. The average molecular weight is 503 g/mol. The van der Waals surface area contributed by atoms with Crippen molar-refractivity contribution in [2.45, 2.75) is 26.2 Å². The predicted octanol–water partition coefficient (Wildman–Crippen LogP) is 5.36. The zero-order valence-corrected chi connectivity index (χ0v) is 20.6. The highest BCUT2D eigenvalue weighted by molar-refractivity contribution is 5.93. The Morgan fingerprint density at radius 3 is 2.57 bits per heavy atom. The van der Waals surface area contributed by atoms with Crippen LogP contribution in [0.25, 0.3) is 22.3 Å². The first-order valence-electron chi connectivity index (χ1n) is 11.9. The Bertz CT molecular complexity index is 1570. The average Bonchev–Trinajstić information content (AvgIpc) is 2.86. The first-order chi connectivity index (χ1) is 17.7. The van der Waals surface area contributed by atoms with Gasteiger partial charge in [-0.15, -0.1) is 0 Å². The normalized spacial score (nSPS) is 14.9. The van der Waals surface area contributed by atoms with Crippen molar-refractivity contribution in [3.8, 4) is 40.1 Å². The number of phenols is 2. The lowest BCUT2D eigenvalue weighted by Gasteiger charge is -2.26. The van der Waals surface area contributed by atoms with E-state index >= 15 is 0 Å². The second-order valence-electron chi connectivity index (χ2n) is 9.38. The highest BCUT2D eigenvalue weighted by Crippen LogP contribution is 2.46. The van der Waals surface area contributed by atoms with Gasteiger partial charge in [-0.05, 0) is 41.8 Å². The van der Waals surface area contributed by atoms with Gasteiger partial charge in [0.15, 0.2) is 16.9 Å². The molecular formula is C29H26O8. The lowest BCUT2D eigenvalue weighted by atomic mass is 9.85. The van der Waals surface area contributed by atoms with Gasteiger partial charge in [0.25, 0.3) is 0 Å². The summed E-state index contributed by atoms with van der Waals surface area (Å²) in [6.45, 7) is 4.65. The van der Waals surface area contributed by atoms with Crippen molar-refractivity contribution in [1.82, 2.24) is 0 Å². The molecule has 3 aromatic carbocycles. The van der Waals surface area contributed by atoms with E-state index in [0.29, 0.717) is 29.4 Å². The number of methoxy groups -OCH3 is 1. The summed E-state index contributed by atoms with van der Waals surface area (Å²) in [5.41, 5.74) is 1.32. The molecule has 0 fully saturated rings. The molecule has 0 radical (unpaired) electrons. The minimum atomic E-state index is -0.510. The molecule has 0 saturated heterocycles.